The van der Waals surface area contributed by atoms with Crippen molar-refractivity contribution in [2.75, 3.05) is 18.1 Å². The number of fused-ring (bicyclic) bond motifs is 5. The predicted octanol–water partition coefficient (Wildman–Crippen LogP) is 7.37. The molecule has 1 fully saturated rings. The van der Waals surface area contributed by atoms with E-state index in [4.69, 9.17) is 16.3 Å². The van der Waals surface area contributed by atoms with Crippen LogP contribution in [0.3, 0.4) is 0 Å². The summed E-state index contributed by atoms with van der Waals surface area (Å²) in [7, 11) is -1.55. The number of pyridine rings is 1. The van der Waals surface area contributed by atoms with Gasteiger partial charge < -0.3 is 10.1 Å². The quantitative estimate of drug-likeness (QED) is 0.119. The predicted molar refractivity (Wildman–Crippen MR) is 218 cm³/mol. The number of anilines is 1. The maximum atomic E-state index is 15.6. The van der Waals surface area contributed by atoms with E-state index in [-0.39, 0.29) is 61.6 Å². The van der Waals surface area contributed by atoms with E-state index < -0.39 is 117 Å². The van der Waals surface area contributed by atoms with Crippen LogP contribution in [0.1, 0.15) is 53.1 Å². The van der Waals surface area contributed by atoms with Crippen molar-refractivity contribution < 1.29 is 53.1 Å². The van der Waals surface area contributed by atoms with Gasteiger partial charge in [0.1, 0.15) is 35.4 Å². The van der Waals surface area contributed by atoms with Crippen LogP contribution in [0.2, 0.25) is 5.02 Å². The Kier molecular flexibility index (Phi) is 10.4. The molecule has 0 radical (unpaired) electrons. The number of halogens is 9. The first-order valence-corrected chi connectivity index (χ1v) is 21.5. The van der Waals surface area contributed by atoms with E-state index >= 15 is 13.2 Å². The number of nitrogens with one attached hydrogen (secondary N) is 2. The van der Waals surface area contributed by atoms with Gasteiger partial charge in [-0.3, -0.25) is 28.2 Å². The number of ether oxygens (including phenoxy) is 1. The molecule has 2 aliphatic carbocycles. The molecule has 2 N–H and O–H groups in total. The summed E-state index contributed by atoms with van der Waals surface area (Å²) in [6.07, 6.45) is -3.04. The third-order valence-corrected chi connectivity index (χ3v) is 12.1. The Morgan fingerprint density at radius 2 is 1.74 bits per heavy atom. The topological polar surface area (TPSA) is 168 Å². The summed E-state index contributed by atoms with van der Waals surface area (Å²) in [6.45, 7) is -1.07. The van der Waals surface area contributed by atoms with Crippen molar-refractivity contribution in [2.45, 2.75) is 43.7 Å². The monoisotopic (exact) mass is 947 g/mol. The lowest BCUT2D eigenvalue weighted by atomic mass is 10.0. The summed E-state index contributed by atoms with van der Waals surface area (Å²) in [5.41, 5.74) is -4.17. The van der Waals surface area contributed by atoms with Crippen molar-refractivity contribution in [3.8, 4) is 22.7 Å². The smallest absolute Gasteiger partial charge is 0.293 e. The van der Waals surface area contributed by atoms with Crippen LogP contribution < -0.4 is 20.3 Å². The van der Waals surface area contributed by atoms with Crippen LogP contribution in [0, 0.1) is 29.2 Å². The maximum absolute atomic E-state index is 15.6. The number of sulfonamides is 1. The van der Waals surface area contributed by atoms with Crippen LogP contribution in [-0.4, -0.2) is 61.8 Å². The van der Waals surface area contributed by atoms with Crippen LogP contribution in [-0.2, 0) is 40.8 Å². The molecule has 1 saturated carbocycles. The maximum Gasteiger partial charge on any atom is 0.293 e. The molecule has 2 unspecified atom stereocenters. The van der Waals surface area contributed by atoms with E-state index in [0.29, 0.717) is 10.7 Å². The van der Waals surface area contributed by atoms with Gasteiger partial charge in [0, 0.05) is 36.6 Å². The highest BCUT2D eigenvalue weighted by atomic mass is 35.5. The number of aryl methyl sites for hydroxylation is 1. The Balaban J connectivity index is 1.27. The van der Waals surface area contributed by atoms with Crippen molar-refractivity contribution in [3.63, 3.8) is 0 Å². The zero-order valence-electron chi connectivity index (χ0n) is 33.6. The first-order valence-electron chi connectivity index (χ1n) is 19.3. The highest BCUT2D eigenvalue weighted by molar-refractivity contribution is 7.92. The highest BCUT2D eigenvalue weighted by Gasteiger charge is 2.67. The number of hydrogen-bond donors (Lipinski definition) is 2. The number of hydrogen-bond acceptors (Lipinski definition) is 9. The molecule has 7 aromatic rings. The number of amides is 1. The Morgan fingerprint density at radius 1 is 1.02 bits per heavy atom. The van der Waals surface area contributed by atoms with Crippen LogP contribution >= 0.6 is 11.6 Å². The van der Waals surface area contributed by atoms with Gasteiger partial charge in [0.25, 0.3) is 17.9 Å². The summed E-state index contributed by atoms with van der Waals surface area (Å²) in [5, 5.41) is 10.2. The van der Waals surface area contributed by atoms with E-state index in [0.717, 1.165) is 42.2 Å². The molecule has 9 rings (SSSR count). The van der Waals surface area contributed by atoms with Crippen molar-refractivity contribution in [1.82, 2.24) is 39.4 Å². The van der Waals surface area contributed by atoms with Gasteiger partial charge in [0.2, 0.25) is 15.9 Å². The second kappa shape index (κ2) is 15.5. The van der Waals surface area contributed by atoms with Gasteiger partial charge in [-0.2, -0.15) is 19.0 Å². The fraction of sp³-hybridized carbons (Fsp3) is 0.268. The van der Waals surface area contributed by atoms with Crippen LogP contribution in [0.5, 0.6) is 5.75 Å². The summed E-state index contributed by atoms with van der Waals surface area (Å²) in [4.78, 5) is 38.2. The summed E-state index contributed by atoms with van der Waals surface area (Å²) < 4.78 is 153. The molecular formula is C41H30ClF8N9O5S. The van der Waals surface area contributed by atoms with Gasteiger partial charge in [-0.1, -0.05) is 11.6 Å². The highest BCUT2D eigenvalue weighted by Crippen LogP contribution is 2.68. The average Bonchev–Trinajstić information content (AvgIpc) is 3.76. The number of aromatic nitrogens is 7. The number of rotatable bonds is 12. The average molecular weight is 948 g/mol. The molecule has 24 heteroatoms. The van der Waals surface area contributed by atoms with Crippen molar-refractivity contribution in [3.05, 3.63) is 122 Å². The fourth-order valence-corrected chi connectivity index (χ4v) is 9.26. The van der Waals surface area contributed by atoms with Crippen molar-refractivity contribution in [2.24, 2.45) is 13.0 Å². The number of benzene rings is 3. The molecule has 0 aliphatic heterocycles. The summed E-state index contributed by atoms with van der Waals surface area (Å²) in [5.74, 6) is -12.7. The van der Waals surface area contributed by atoms with Gasteiger partial charge in [-0.05, 0) is 66.4 Å². The molecule has 4 heterocycles. The first kappa shape index (κ1) is 43.6. The lowest BCUT2D eigenvalue weighted by molar-refractivity contribution is -0.123. The Hall–Kier alpha value is -6.62. The van der Waals surface area contributed by atoms with E-state index in [9.17, 15) is 40.0 Å². The molecule has 3 aromatic carbocycles. The van der Waals surface area contributed by atoms with Gasteiger partial charge in [-0.25, -0.2) is 44.7 Å². The second-order valence-corrected chi connectivity index (χ2v) is 17.7. The summed E-state index contributed by atoms with van der Waals surface area (Å²) >= 11 is 6.60. The molecule has 2 aliphatic rings. The molecule has 65 heavy (non-hydrogen) atoms. The first-order chi connectivity index (χ1) is 30.7. The minimum Gasteiger partial charge on any atom is -0.491 e. The van der Waals surface area contributed by atoms with E-state index in [1.54, 1.807) is 0 Å². The number of carbonyl (C=O) groups excluding carboxylic acids is 1. The number of methoxy groups -OCH3 is 1. The number of alkyl halides is 4. The molecule has 338 valence electrons. The molecule has 1 amide bonds. The normalized spacial score (nSPS) is 16.8. The molecule has 14 nitrogen and oxygen atoms in total. The molecule has 0 spiro atoms. The Bertz CT molecular complexity index is 3320. The summed E-state index contributed by atoms with van der Waals surface area (Å²) in [6, 6.07) is 7.71. The SMILES string of the molecule is COc1c(F)ccc(-c2ccc3c(=O)n(-c4ccc(Cl)c5c(NS(C)(=O)=O)nn(C)c45)c([C@H](Cc4cc(F)cc(F)c4)NC(=O)Cn4nc(C(F)F)c5c4C(F)(F)C4CC54)nc3n2)c1F. The Labute approximate surface area is 365 Å². The van der Waals surface area contributed by atoms with E-state index in [1.165, 1.54) is 36.0 Å². The third kappa shape index (κ3) is 7.48. The van der Waals surface area contributed by atoms with E-state index in [2.05, 4.69) is 30.2 Å². The van der Waals surface area contributed by atoms with Gasteiger partial charge in [0.15, 0.2) is 28.8 Å². The van der Waals surface area contributed by atoms with Gasteiger partial charge in [-0.15, -0.1) is 0 Å². The lowest BCUT2D eigenvalue weighted by Crippen LogP contribution is -2.38. The zero-order chi connectivity index (χ0) is 46.6. The van der Waals surface area contributed by atoms with Gasteiger partial charge in [0.05, 0.1) is 52.1 Å². The second-order valence-electron chi connectivity index (χ2n) is 15.5. The minimum absolute atomic E-state index is 0.00696. The molecule has 4 aromatic heterocycles. The number of nitrogens with zero attached hydrogens (tertiary/aromatic N) is 7. The van der Waals surface area contributed by atoms with Crippen LogP contribution in [0.25, 0.3) is 38.9 Å². The fourth-order valence-electron chi connectivity index (χ4n) is 8.53. The molecule has 3 atom stereocenters. The molecular weight excluding hydrogens is 918 g/mol. The zero-order valence-corrected chi connectivity index (χ0v) is 35.2. The lowest BCUT2D eigenvalue weighted by Gasteiger charge is -2.24. The van der Waals surface area contributed by atoms with Crippen molar-refractivity contribution in [1.29, 1.82) is 0 Å². The third-order valence-electron chi connectivity index (χ3n) is 11.2. The number of carbonyl (C=O) groups is 1. The minimum atomic E-state index is -3.97. The van der Waals surface area contributed by atoms with Crippen molar-refractivity contribution >= 4 is 55.3 Å². The van der Waals surface area contributed by atoms with Crippen LogP contribution in [0.15, 0.2) is 59.4 Å². The van der Waals surface area contributed by atoms with Gasteiger partial charge >= 0.3 is 0 Å². The standard InChI is InChI=1S/C41H30ClF8N9O5S/c1-57-33-27(9-6-23(42)30(33)38(55-57)56-65(3,62)63)59-39(53-37-20(40(59)61)5-8-25(52-37)19-4-7-24(45)34(64-2)31(19)46)26(12-16-10-17(43)13-18(44)11-16)51-28(60)15-58-35-29(32(54-58)36(47)48)21-14-22(21)41(35,49)50/h4-11,13,21-22,26,36H,12,14-15H2,1-3H3,(H,51,60)(H,55,56)/t21?,22?,26-/m0/s1. The largest absolute Gasteiger partial charge is 0.491 e. The van der Waals surface area contributed by atoms with Crippen LogP contribution in [0.4, 0.5) is 40.9 Å². The molecule has 0 saturated heterocycles. The molecule has 0 bridgehead atoms. The Morgan fingerprint density at radius 3 is 2.42 bits per heavy atom. The van der Waals surface area contributed by atoms with E-state index in [1.807, 2.05) is 0 Å².